The molecule has 0 bridgehead atoms. The molecule has 1 saturated heterocycles. The average Bonchev–Trinajstić information content (AvgIpc) is 2.51. The SMILES string of the molecule is CCCC1CNC(C(C)CC)CN1CCOCCCOC. The average molecular weight is 300 g/mol. The summed E-state index contributed by atoms with van der Waals surface area (Å²) in [4.78, 5) is 2.65. The van der Waals surface area contributed by atoms with E-state index in [9.17, 15) is 0 Å². The summed E-state index contributed by atoms with van der Waals surface area (Å²) in [5.74, 6) is 0.748. The number of nitrogens with one attached hydrogen (secondary N) is 1. The number of rotatable bonds is 11. The number of ether oxygens (including phenoxy) is 2. The molecule has 1 aliphatic rings. The van der Waals surface area contributed by atoms with Gasteiger partial charge in [0.15, 0.2) is 0 Å². The largest absolute Gasteiger partial charge is 0.385 e. The van der Waals surface area contributed by atoms with Crippen molar-refractivity contribution in [1.29, 1.82) is 0 Å². The summed E-state index contributed by atoms with van der Waals surface area (Å²) in [7, 11) is 1.74. The van der Waals surface area contributed by atoms with Gasteiger partial charge in [0.1, 0.15) is 0 Å². The highest BCUT2D eigenvalue weighted by atomic mass is 16.5. The molecule has 0 radical (unpaired) electrons. The van der Waals surface area contributed by atoms with Gasteiger partial charge >= 0.3 is 0 Å². The lowest BCUT2D eigenvalue weighted by Gasteiger charge is -2.42. The normalized spacial score (nSPS) is 25.1. The highest BCUT2D eigenvalue weighted by molar-refractivity contribution is 4.88. The Bertz CT molecular complexity index is 251. The summed E-state index contributed by atoms with van der Waals surface area (Å²) in [6.45, 7) is 12.7. The predicted molar refractivity (Wildman–Crippen MR) is 88.8 cm³/mol. The van der Waals surface area contributed by atoms with Crippen molar-refractivity contribution in [3.8, 4) is 0 Å². The van der Waals surface area contributed by atoms with Crippen molar-refractivity contribution >= 4 is 0 Å². The lowest BCUT2D eigenvalue weighted by atomic mass is 9.94. The van der Waals surface area contributed by atoms with Crippen LogP contribution in [0.1, 0.15) is 46.5 Å². The standard InChI is InChI=1S/C17H36N2O2/c1-5-8-16-13-18-17(15(3)6-2)14-19(16)9-12-21-11-7-10-20-4/h15-18H,5-14H2,1-4H3. The molecule has 1 heterocycles. The lowest BCUT2D eigenvalue weighted by Crippen LogP contribution is -2.58. The Hall–Kier alpha value is -0.160. The van der Waals surface area contributed by atoms with Crippen molar-refractivity contribution in [3.63, 3.8) is 0 Å². The quantitative estimate of drug-likeness (QED) is 0.595. The molecule has 0 saturated carbocycles. The molecular weight excluding hydrogens is 264 g/mol. The van der Waals surface area contributed by atoms with Crippen LogP contribution in [0.2, 0.25) is 0 Å². The van der Waals surface area contributed by atoms with Gasteiger partial charge in [-0.2, -0.15) is 0 Å². The van der Waals surface area contributed by atoms with Gasteiger partial charge < -0.3 is 14.8 Å². The molecule has 1 aliphatic heterocycles. The molecule has 3 atom stereocenters. The first-order valence-corrected chi connectivity index (χ1v) is 8.77. The second-order valence-electron chi connectivity index (χ2n) is 6.30. The maximum atomic E-state index is 5.74. The van der Waals surface area contributed by atoms with Crippen LogP contribution in [0.15, 0.2) is 0 Å². The Morgan fingerprint density at radius 2 is 2.05 bits per heavy atom. The number of hydrogen-bond acceptors (Lipinski definition) is 4. The van der Waals surface area contributed by atoms with E-state index in [1.54, 1.807) is 7.11 Å². The highest BCUT2D eigenvalue weighted by Gasteiger charge is 2.29. The summed E-state index contributed by atoms with van der Waals surface area (Å²) in [5.41, 5.74) is 0. The predicted octanol–water partition coefficient (Wildman–Crippen LogP) is 2.53. The van der Waals surface area contributed by atoms with E-state index in [-0.39, 0.29) is 0 Å². The van der Waals surface area contributed by atoms with Gasteiger partial charge in [-0.25, -0.2) is 0 Å². The van der Waals surface area contributed by atoms with Crippen molar-refractivity contribution in [2.24, 2.45) is 5.92 Å². The van der Waals surface area contributed by atoms with Gasteiger partial charge in [0, 0.05) is 52.0 Å². The summed E-state index contributed by atoms with van der Waals surface area (Å²) >= 11 is 0. The summed E-state index contributed by atoms with van der Waals surface area (Å²) in [6.07, 6.45) is 4.78. The third-order valence-corrected chi connectivity index (χ3v) is 4.68. The minimum atomic E-state index is 0.636. The van der Waals surface area contributed by atoms with E-state index >= 15 is 0 Å². The fourth-order valence-electron chi connectivity index (χ4n) is 3.03. The Morgan fingerprint density at radius 1 is 1.24 bits per heavy atom. The molecule has 4 nitrogen and oxygen atoms in total. The second kappa shape index (κ2) is 11.4. The van der Waals surface area contributed by atoms with Crippen molar-refractivity contribution in [2.45, 2.75) is 58.5 Å². The third-order valence-electron chi connectivity index (χ3n) is 4.68. The Balaban J connectivity index is 2.33. The van der Waals surface area contributed by atoms with E-state index < -0.39 is 0 Å². The zero-order valence-electron chi connectivity index (χ0n) is 14.6. The van der Waals surface area contributed by atoms with Gasteiger partial charge in [-0.05, 0) is 18.8 Å². The minimum absolute atomic E-state index is 0.636. The molecule has 21 heavy (non-hydrogen) atoms. The smallest absolute Gasteiger partial charge is 0.0593 e. The summed E-state index contributed by atoms with van der Waals surface area (Å²) < 4.78 is 10.8. The molecule has 0 aromatic rings. The van der Waals surface area contributed by atoms with Gasteiger partial charge in [-0.3, -0.25) is 4.90 Å². The zero-order valence-corrected chi connectivity index (χ0v) is 14.6. The maximum Gasteiger partial charge on any atom is 0.0593 e. The van der Waals surface area contributed by atoms with Crippen LogP contribution in [0.3, 0.4) is 0 Å². The maximum absolute atomic E-state index is 5.74. The van der Waals surface area contributed by atoms with Gasteiger partial charge in [0.25, 0.3) is 0 Å². The van der Waals surface area contributed by atoms with Gasteiger partial charge in [-0.15, -0.1) is 0 Å². The monoisotopic (exact) mass is 300 g/mol. The summed E-state index contributed by atoms with van der Waals surface area (Å²) in [6, 6.07) is 1.31. The van der Waals surface area contributed by atoms with Crippen LogP contribution >= 0.6 is 0 Å². The first-order valence-electron chi connectivity index (χ1n) is 8.77. The first-order chi connectivity index (χ1) is 10.2. The Morgan fingerprint density at radius 3 is 2.71 bits per heavy atom. The van der Waals surface area contributed by atoms with Crippen molar-refractivity contribution in [2.75, 3.05) is 46.6 Å². The number of piperazine rings is 1. The molecule has 0 spiro atoms. The van der Waals surface area contributed by atoms with Crippen molar-refractivity contribution < 1.29 is 9.47 Å². The second-order valence-corrected chi connectivity index (χ2v) is 6.30. The van der Waals surface area contributed by atoms with Crippen LogP contribution in [0.4, 0.5) is 0 Å². The molecule has 126 valence electrons. The molecule has 1 fully saturated rings. The van der Waals surface area contributed by atoms with E-state index in [0.717, 1.165) is 45.2 Å². The topological polar surface area (TPSA) is 33.7 Å². The molecule has 4 heteroatoms. The molecule has 0 amide bonds. The number of methoxy groups -OCH3 is 1. The van der Waals surface area contributed by atoms with E-state index in [4.69, 9.17) is 9.47 Å². The van der Waals surface area contributed by atoms with Crippen LogP contribution in [0.5, 0.6) is 0 Å². The lowest BCUT2D eigenvalue weighted by molar-refractivity contribution is 0.0474. The van der Waals surface area contributed by atoms with Gasteiger partial charge in [-0.1, -0.05) is 33.6 Å². The number of hydrogen-bond donors (Lipinski definition) is 1. The third kappa shape index (κ3) is 7.09. The van der Waals surface area contributed by atoms with Crippen LogP contribution in [-0.4, -0.2) is 63.5 Å². The molecule has 1 N–H and O–H groups in total. The molecule has 1 rings (SSSR count). The fraction of sp³-hybridized carbons (Fsp3) is 1.00. The minimum Gasteiger partial charge on any atom is -0.385 e. The van der Waals surface area contributed by atoms with E-state index in [1.807, 2.05) is 0 Å². The van der Waals surface area contributed by atoms with Crippen LogP contribution in [0, 0.1) is 5.92 Å². The highest BCUT2D eigenvalue weighted by Crippen LogP contribution is 2.17. The van der Waals surface area contributed by atoms with Crippen LogP contribution in [-0.2, 0) is 9.47 Å². The van der Waals surface area contributed by atoms with Crippen LogP contribution < -0.4 is 5.32 Å². The van der Waals surface area contributed by atoms with E-state index in [1.165, 1.54) is 25.8 Å². The summed E-state index contributed by atoms with van der Waals surface area (Å²) in [5, 5.41) is 3.75. The van der Waals surface area contributed by atoms with Crippen LogP contribution in [0.25, 0.3) is 0 Å². The van der Waals surface area contributed by atoms with Gasteiger partial charge in [0.2, 0.25) is 0 Å². The molecule has 0 aromatic heterocycles. The first kappa shape index (κ1) is 18.9. The van der Waals surface area contributed by atoms with E-state index in [2.05, 4.69) is 31.0 Å². The molecule has 0 aromatic carbocycles. The van der Waals surface area contributed by atoms with E-state index in [0.29, 0.717) is 12.1 Å². The number of nitrogens with zero attached hydrogens (tertiary/aromatic N) is 1. The molecular formula is C17H36N2O2. The molecule has 3 unspecified atom stereocenters. The van der Waals surface area contributed by atoms with Crippen molar-refractivity contribution in [3.05, 3.63) is 0 Å². The zero-order chi connectivity index (χ0) is 15.5. The Labute approximate surface area is 131 Å². The van der Waals surface area contributed by atoms with Crippen molar-refractivity contribution in [1.82, 2.24) is 10.2 Å². The van der Waals surface area contributed by atoms with Gasteiger partial charge in [0.05, 0.1) is 6.61 Å². The Kier molecular flexibility index (Phi) is 10.3. The fourth-order valence-corrected chi connectivity index (χ4v) is 3.03. The molecule has 0 aliphatic carbocycles.